The molecule has 0 saturated carbocycles. The summed E-state index contributed by atoms with van der Waals surface area (Å²) in [5, 5.41) is 19.0. The van der Waals surface area contributed by atoms with Crippen molar-refractivity contribution in [3.63, 3.8) is 0 Å². The van der Waals surface area contributed by atoms with E-state index in [2.05, 4.69) is 0 Å². The van der Waals surface area contributed by atoms with Crippen LogP contribution in [0.1, 0.15) is 17.3 Å². The third-order valence-corrected chi connectivity index (χ3v) is 1.75. The van der Waals surface area contributed by atoms with Crippen molar-refractivity contribution < 1.29 is 15.1 Å². The number of carbonyl (C=O) groups excluding carboxylic acids is 1. The highest BCUT2D eigenvalue weighted by Gasteiger charge is 2.10. The Morgan fingerprint density at radius 3 is 2.71 bits per heavy atom. The molecule has 1 unspecified atom stereocenters. The van der Waals surface area contributed by atoms with Crippen LogP contribution in [0.2, 0.25) is 0 Å². The van der Waals surface area contributed by atoms with Gasteiger partial charge in [0.1, 0.15) is 6.23 Å². The molecule has 0 bridgehead atoms. The number of aliphatic hydroxyl groups is 1. The molecule has 0 aliphatic rings. The van der Waals surface area contributed by atoms with Gasteiger partial charge in [-0.1, -0.05) is 6.07 Å². The third kappa shape index (κ3) is 2.21. The van der Waals surface area contributed by atoms with Crippen LogP contribution >= 0.6 is 0 Å². The molecule has 0 fully saturated rings. The van der Waals surface area contributed by atoms with Crippen LogP contribution in [0.5, 0.6) is 0 Å². The van der Waals surface area contributed by atoms with Crippen LogP contribution in [0.3, 0.4) is 0 Å². The first-order chi connectivity index (χ1) is 6.52. The number of anilines is 1. The van der Waals surface area contributed by atoms with Gasteiger partial charge in [0.25, 0.3) is 0 Å². The second-order valence-corrected chi connectivity index (χ2v) is 2.89. The molecule has 0 saturated heterocycles. The van der Waals surface area contributed by atoms with E-state index in [1.54, 1.807) is 12.1 Å². The van der Waals surface area contributed by atoms with Crippen molar-refractivity contribution in [3.05, 3.63) is 29.8 Å². The number of hydrogen-bond acceptors (Lipinski definition) is 4. The molecule has 14 heavy (non-hydrogen) atoms. The van der Waals surface area contributed by atoms with E-state index in [1.165, 1.54) is 19.1 Å². The Morgan fingerprint density at radius 2 is 2.21 bits per heavy atom. The average Bonchev–Trinajstić information content (AvgIpc) is 2.16. The summed E-state index contributed by atoms with van der Waals surface area (Å²) in [6.07, 6.45) is -1.04. The number of rotatable bonds is 3. The van der Waals surface area contributed by atoms with Crippen molar-refractivity contribution in [1.29, 1.82) is 0 Å². The van der Waals surface area contributed by atoms with Crippen molar-refractivity contribution in [1.82, 2.24) is 0 Å². The van der Waals surface area contributed by atoms with E-state index in [1.807, 2.05) is 0 Å². The smallest absolute Gasteiger partial charge is 0.248 e. The third-order valence-electron chi connectivity index (χ3n) is 1.75. The first-order valence-electron chi connectivity index (χ1n) is 4.08. The molecule has 0 aromatic heterocycles. The predicted octanol–water partition coefficient (Wildman–Crippen LogP) is 0.319. The van der Waals surface area contributed by atoms with Gasteiger partial charge in [0.2, 0.25) is 5.91 Å². The molecule has 1 rings (SSSR count). The van der Waals surface area contributed by atoms with Crippen LogP contribution in [-0.2, 0) is 0 Å². The lowest BCUT2D eigenvalue weighted by Crippen LogP contribution is -2.29. The molecule has 5 nitrogen and oxygen atoms in total. The number of aliphatic hydroxyl groups excluding tert-OH is 1. The molecule has 5 heteroatoms. The molecule has 1 aromatic carbocycles. The Labute approximate surface area is 81.3 Å². The number of benzene rings is 1. The number of primary amides is 1. The van der Waals surface area contributed by atoms with Crippen molar-refractivity contribution >= 4 is 11.6 Å². The summed E-state index contributed by atoms with van der Waals surface area (Å²) in [7, 11) is 0. The summed E-state index contributed by atoms with van der Waals surface area (Å²) in [5.74, 6) is -0.578. The highest BCUT2D eigenvalue weighted by Crippen LogP contribution is 2.15. The average molecular weight is 196 g/mol. The van der Waals surface area contributed by atoms with Crippen LogP contribution in [-0.4, -0.2) is 22.4 Å². The summed E-state index contributed by atoms with van der Waals surface area (Å²) in [6, 6.07) is 6.05. The van der Waals surface area contributed by atoms with Gasteiger partial charge in [-0.05, 0) is 25.1 Å². The maximum Gasteiger partial charge on any atom is 0.248 e. The molecular formula is C9H12N2O3. The van der Waals surface area contributed by atoms with Crippen molar-refractivity contribution in [2.45, 2.75) is 13.2 Å². The second-order valence-electron chi connectivity index (χ2n) is 2.89. The molecule has 1 amide bonds. The Kier molecular flexibility index (Phi) is 3.06. The van der Waals surface area contributed by atoms with Gasteiger partial charge in [0.05, 0.1) is 5.69 Å². The van der Waals surface area contributed by atoms with Gasteiger partial charge in [0.15, 0.2) is 0 Å². The second kappa shape index (κ2) is 4.08. The molecule has 0 aliphatic carbocycles. The van der Waals surface area contributed by atoms with E-state index < -0.39 is 12.1 Å². The first kappa shape index (κ1) is 10.5. The zero-order chi connectivity index (χ0) is 10.7. The SMILES string of the molecule is CC(O)N(O)c1cccc(C(N)=O)c1. The monoisotopic (exact) mass is 196 g/mol. The van der Waals surface area contributed by atoms with Crippen LogP contribution in [0, 0.1) is 0 Å². The number of hydroxylamine groups is 1. The maximum absolute atomic E-state index is 10.8. The van der Waals surface area contributed by atoms with E-state index in [0.717, 1.165) is 0 Å². The fraction of sp³-hybridized carbons (Fsp3) is 0.222. The highest BCUT2D eigenvalue weighted by molar-refractivity contribution is 5.93. The molecule has 0 aliphatic heterocycles. The number of amides is 1. The minimum absolute atomic E-state index is 0.280. The zero-order valence-corrected chi connectivity index (χ0v) is 7.71. The summed E-state index contributed by atoms with van der Waals surface area (Å²) in [4.78, 5) is 10.8. The van der Waals surface area contributed by atoms with Gasteiger partial charge in [-0.3, -0.25) is 10.0 Å². The fourth-order valence-electron chi connectivity index (χ4n) is 1.02. The summed E-state index contributed by atoms with van der Waals surface area (Å²) in [6.45, 7) is 1.40. The molecule has 1 atom stereocenters. The lowest BCUT2D eigenvalue weighted by Gasteiger charge is -2.19. The quantitative estimate of drug-likeness (QED) is 0.480. The summed E-state index contributed by atoms with van der Waals surface area (Å²) < 4.78 is 0. The minimum Gasteiger partial charge on any atom is -0.372 e. The molecular weight excluding hydrogens is 184 g/mol. The maximum atomic E-state index is 10.8. The van der Waals surface area contributed by atoms with Crippen LogP contribution < -0.4 is 10.8 Å². The Balaban J connectivity index is 2.99. The van der Waals surface area contributed by atoms with E-state index in [4.69, 9.17) is 10.8 Å². The van der Waals surface area contributed by atoms with E-state index in [9.17, 15) is 10.0 Å². The Bertz CT molecular complexity index is 339. The van der Waals surface area contributed by atoms with Crippen molar-refractivity contribution in [2.75, 3.05) is 5.06 Å². The summed E-state index contributed by atoms with van der Waals surface area (Å²) >= 11 is 0. The van der Waals surface area contributed by atoms with Crippen LogP contribution in [0.25, 0.3) is 0 Å². The topological polar surface area (TPSA) is 86.8 Å². The van der Waals surface area contributed by atoms with E-state index >= 15 is 0 Å². The van der Waals surface area contributed by atoms with E-state index in [-0.39, 0.29) is 5.56 Å². The van der Waals surface area contributed by atoms with Gasteiger partial charge in [-0.25, -0.2) is 5.06 Å². The lowest BCUT2D eigenvalue weighted by molar-refractivity contribution is 0.0795. The molecule has 0 heterocycles. The number of hydrogen-bond donors (Lipinski definition) is 3. The van der Waals surface area contributed by atoms with Gasteiger partial charge in [-0.2, -0.15) is 0 Å². The number of carbonyl (C=O) groups is 1. The molecule has 4 N–H and O–H groups in total. The minimum atomic E-state index is -1.04. The van der Waals surface area contributed by atoms with Gasteiger partial charge >= 0.3 is 0 Å². The Morgan fingerprint density at radius 1 is 1.57 bits per heavy atom. The predicted molar refractivity (Wildman–Crippen MR) is 50.9 cm³/mol. The van der Waals surface area contributed by atoms with Crippen LogP contribution in [0.4, 0.5) is 5.69 Å². The highest BCUT2D eigenvalue weighted by atomic mass is 16.5. The molecule has 76 valence electrons. The van der Waals surface area contributed by atoms with Crippen LogP contribution in [0.15, 0.2) is 24.3 Å². The van der Waals surface area contributed by atoms with Crippen molar-refractivity contribution in [2.24, 2.45) is 5.73 Å². The largest absolute Gasteiger partial charge is 0.372 e. The standard InChI is InChI=1S/C9H12N2O3/c1-6(12)11(14)8-4-2-3-7(5-8)9(10)13/h2-6,12,14H,1H3,(H2,10,13). The first-order valence-corrected chi connectivity index (χ1v) is 4.08. The molecule has 1 aromatic rings. The summed E-state index contributed by atoms with van der Waals surface area (Å²) in [5.41, 5.74) is 5.65. The molecule has 0 spiro atoms. The lowest BCUT2D eigenvalue weighted by atomic mass is 10.2. The fourth-order valence-corrected chi connectivity index (χ4v) is 1.02. The number of nitrogens with zero attached hydrogens (tertiary/aromatic N) is 1. The zero-order valence-electron chi connectivity index (χ0n) is 7.71. The van der Waals surface area contributed by atoms with E-state index in [0.29, 0.717) is 10.8 Å². The van der Waals surface area contributed by atoms with Crippen molar-refractivity contribution in [3.8, 4) is 0 Å². The number of nitrogens with two attached hydrogens (primary N) is 1. The van der Waals surface area contributed by atoms with Gasteiger partial charge in [0, 0.05) is 5.56 Å². The van der Waals surface area contributed by atoms with Gasteiger partial charge < -0.3 is 10.8 Å². The normalized spacial score (nSPS) is 12.2. The van der Waals surface area contributed by atoms with Gasteiger partial charge in [-0.15, -0.1) is 0 Å². The Hall–Kier alpha value is -1.59. The molecule has 0 radical (unpaired) electrons.